The summed E-state index contributed by atoms with van der Waals surface area (Å²) in [4.78, 5) is 46.9. The summed E-state index contributed by atoms with van der Waals surface area (Å²) in [6.45, 7) is 10.9. The number of aryl methyl sites for hydroxylation is 1. The van der Waals surface area contributed by atoms with Gasteiger partial charge in [-0.05, 0) is 45.9 Å². The summed E-state index contributed by atoms with van der Waals surface area (Å²) in [5.74, 6) is 0.763. The van der Waals surface area contributed by atoms with Crippen molar-refractivity contribution in [1.82, 2.24) is 15.3 Å². The Morgan fingerprint density at radius 1 is 1.24 bits per heavy atom. The average molecular weight is 470 g/mol. The minimum atomic E-state index is -0.784. The van der Waals surface area contributed by atoms with Crippen LogP contribution in [0.4, 0.5) is 16.4 Å². The molecule has 0 radical (unpaired) electrons. The van der Waals surface area contributed by atoms with Gasteiger partial charge in [0.25, 0.3) is 0 Å². The quantitative estimate of drug-likeness (QED) is 0.685. The van der Waals surface area contributed by atoms with Gasteiger partial charge in [0, 0.05) is 25.9 Å². The van der Waals surface area contributed by atoms with Gasteiger partial charge in [0.1, 0.15) is 28.7 Å². The van der Waals surface area contributed by atoms with Crippen molar-refractivity contribution in [2.45, 2.75) is 47.1 Å². The summed E-state index contributed by atoms with van der Waals surface area (Å²) in [5.41, 5.74) is -0.858. The van der Waals surface area contributed by atoms with E-state index in [1.54, 1.807) is 72.9 Å². The van der Waals surface area contributed by atoms with E-state index in [1.807, 2.05) is 0 Å². The number of nitrogens with zero attached hydrogens (tertiary/aromatic N) is 3. The lowest BCUT2D eigenvalue weighted by Crippen LogP contribution is -2.36. The molecule has 1 atom stereocenters. The van der Waals surface area contributed by atoms with Crippen LogP contribution in [0.2, 0.25) is 0 Å². The first-order valence-corrected chi connectivity index (χ1v) is 11.0. The Bertz CT molecular complexity index is 1110. The molecule has 0 spiro atoms. The molecule has 1 fully saturated rings. The smallest absolute Gasteiger partial charge is 0.415 e. The fourth-order valence-corrected chi connectivity index (χ4v) is 3.39. The second-order valence-electron chi connectivity index (χ2n) is 9.74. The summed E-state index contributed by atoms with van der Waals surface area (Å²) in [5, 5.41) is 5.51. The van der Waals surface area contributed by atoms with Crippen LogP contribution < -0.4 is 20.3 Å². The molecule has 3 amide bonds. The predicted molar refractivity (Wildman–Crippen MR) is 127 cm³/mol. The lowest BCUT2D eigenvalue weighted by molar-refractivity contribution is -0.131. The molecule has 1 aliphatic rings. The molecule has 34 heavy (non-hydrogen) atoms. The molecule has 10 heteroatoms. The van der Waals surface area contributed by atoms with E-state index in [1.165, 1.54) is 11.1 Å². The van der Waals surface area contributed by atoms with E-state index in [0.29, 0.717) is 35.4 Å². The molecule has 0 bridgehead atoms. The molecular weight excluding hydrogens is 438 g/mol. The van der Waals surface area contributed by atoms with Gasteiger partial charge in [-0.3, -0.25) is 14.5 Å². The average Bonchev–Trinajstić information content (AvgIpc) is 3.01. The number of pyridine rings is 2. The van der Waals surface area contributed by atoms with E-state index in [4.69, 9.17) is 9.47 Å². The highest BCUT2D eigenvalue weighted by Crippen LogP contribution is 2.33. The van der Waals surface area contributed by atoms with Gasteiger partial charge in [0.15, 0.2) is 0 Å². The molecule has 2 N–H and O–H groups in total. The van der Waals surface area contributed by atoms with Crippen LogP contribution in [-0.2, 0) is 14.3 Å². The Hall–Kier alpha value is -3.69. The van der Waals surface area contributed by atoms with Crippen molar-refractivity contribution < 1.29 is 23.9 Å². The fraction of sp³-hybridized carbons (Fsp3) is 0.458. The van der Waals surface area contributed by atoms with Gasteiger partial charge in [-0.2, -0.15) is 0 Å². The number of anilines is 2. The molecule has 3 rings (SSSR count). The van der Waals surface area contributed by atoms with Crippen molar-refractivity contribution in [2.24, 2.45) is 11.3 Å². The third-order valence-electron chi connectivity index (χ3n) is 5.48. The number of carbonyl (C=O) groups is 3. The number of aromatic nitrogens is 2. The van der Waals surface area contributed by atoms with Crippen molar-refractivity contribution in [3.63, 3.8) is 0 Å². The monoisotopic (exact) mass is 469 g/mol. The second kappa shape index (κ2) is 9.28. The van der Waals surface area contributed by atoms with Gasteiger partial charge in [-0.25, -0.2) is 14.8 Å². The molecular formula is C24H31N5O5. The van der Waals surface area contributed by atoms with Crippen molar-refractivity contribution in [3.05, 3.63) is 36.2 Å². The molecule has 0 aliphatic carbocycles. The van der Waals surface area contributed by atoms with Crippen LogP contribution in [0.25, 0.3) is 0 Å². The zero-order chi connectivity index (χ0) is 25.3. The van der Waals surface area contributed by atoms with Crippen LogP contribution in [0.3, 0.4) is 0 Å². The van der Waals surface area contributed by atoms with Crippen LogP contribution >= 0.6 is 0 Å². The largest absolute Gasteiger partial charge is 0.455 e. The molecule has 10 nitrogen and oxygen atoms in total. The Kier molecular flexibility index (Phi) is 6.81. The topological polar surface area (TPSA) is 123 Å². The number of nitrogens with one attached hydrogen (secondary N) is 2. The second-order valence-corrected chi connectivity index (χ2v) is 9.74. The van der Waals surface area contributed by atoms with E-state index in [9.17, 15) is 14.4 Å². The number of hydrogen-bond donors (Lipinski definition) is 2. The molecule has 0 aromatic carbocycles. The third kappa shape index (κ3) is 5.62. The van der Waals surface area contributed by atoms with Gasteiger partial charge in [-0.15, -0.1) is 0 Å². The van der Waals surface area contributed by atoms with Crippen LogP contribution in [0.5, 0.6) is 11.5 Å². The summed E-state index contributed by atoms with van der Waals surface area (Å²) in [7, 11) is 1.57. The zero-order valence-corrected chi connectivity index (χ0v) is 20.6. The summed E-state index contributed by atoms with van der Waals surface area (Å²) in [6, 6.07) is 6.60. The van der Waals surface area contributed by atoms with Gasteiger partial charge >= 0.3 is 6.09 Å². The van der Waals surface area contributed by atoms with E-state index < -0.39 is 23.0 Å². The Balaban J connectivity index is 1.69. The van der Waals surface area contributed by atoms with Gasteiger partial charge < -0.3 is 20.1 Å². The first-order chi connectivity index (χ1) is 15.8. The number of carbonyl (C=O) groups excluding carboxylic acids is 3. The number of ether oxygens (including phenoxy) is 2. The molecule has 2 aromatic rings. The van der Waals surface area contributed by atoms with E-state index in [0.717, 1.165) is 0 Å². The third-order valence-corrected chi connectivity index (χ3v) is 5.48. The maximum absolute atomic E-state index is 12.7. The summed E-state index contributed by atoms with van der Waals surface area (Å²) >= 11 is 0. The number of rotatable bonds is 5. The summed E-state index contributed by atoms with van der Waals surface area (Å²) < 4.78 is 11.3. The van der Waals surface area contributed by atoms with Crippen LogP contribution in [-0.4, -0.2) is 47.1 Å². The molecule has 3 heterocycles. The van der Waals surface area contributed by atoms with Crippen molar-refractivity contribution >= 4 is 29.5 Å². The standard InChI is InChI=1S/C24H31N5O5/c1-14-17(8-9-18(27-14)28-20(30)16-13-26-21(31)24(16,5)6)33-15-10-11-25-19(12-15)29(7)22(32)34-23(2,3)4/h8-12,16H,13H2,1-7H3,(H,26,31)(H,27,28,30). The normalized spacial score (nSPS) is 17.0. The lowest BCUT2D eigenvalue weighted by atomic mass is 9.81. The maximum atomic E-state index is 12.7. The van der Waals surface area contributed by atoms with Gasteiger partial charge in [0.05, 0.1) is 17.0 Å². The highest BCUT2D eigenvalue weighted by Gasteiger charge is 2.46. The van der Waals surface area contributed by atoms with Crippen molar-refractivity contribution in [2.75, 3.05) is 23.8 Å². The molecule has 1 aliphatic heterocycles. The Labute approximate surface area is 199 Å². The predicted octanol–water partition coefficient (Wildman–Crippen LogP) is 3.66. The Morgan fingerprint density at radius 3 is 2.53 bits per heavy atom. The maximum Gasteiger partial charge on any atom is 0.415 e. The molecule has 1 unspecified atom stereocenters. The summed E-state index contributed by atoms with van der Waals surface area (Å²) in [6.07, 6.45) is 0.999. The first kappa shape index (κ1) is 24.9. The minimum absolute atomic E-state index is 0.144. The lowest BCUT2D eigenvalue weighted by Gasteiger charge is -2.24. The van der Waals surface area contributed by atoms with Crippen LogP contribution in [0, 0.1) is 18.3 Å². The molecule has 0 saturated carbocycles. The number of hydrogen-bond acceptors (Lipinski definition) is 7. The SMILES string of the molecule is Cc1nc(NC(=O)C2CNC(=O)C2(C)C)ccc1Oc1ccnc(N(C)C(=O)OC(C)(C)C)c1. The van der Waals surface area contributed by atoms with Crippen molar-refractivity contribution in [1.29, 1.82) is 0 Å². The highest BCUT2D eigenvalue weighted by atomic mass is 16.6. The van der Waals surface area contributed by atoms with E-state index in [-0.39, 0.29) is 11.8 Å². The molecule has 1 saturated heterocycles. The first-order valence-electron chi connectivity index (χ1n) is 11.0. The van der Waals surface area contributed by atoms with Gasteiger partial charge in [-0.1, -0.05) is 13.8 Å². The Morgan fingerprint density at radius 2 is 1.94 bits per heavy atom. The molecule has 182 valence electrons. The van der Waals surface area contributed by atoms with Crippen molar-refractivity contribution in [3.8, 4) is 11.5 Å². The van der Waals surface area contributed by atoms with E-state index in [2.05, 4.69) is 20.6 Å². The van der Waals surface area contributed by atoms with Crippen LogP contribution in [0.15, 0.2) is 30.5 Å². The fourth-order valence-electron chi connectivity index (χ4n) is 3.39. The zero-order valence-electron chi connectivity index (χ0n) is 20.6. The minimum Gasteiger partial charge on any atom is -0.455 e. The number of amides is 3. The highest BCUT2D eigenvalue weighted by molar-refractivity contribution is 5.99. The molecule has 2 aromatic heterocycles. The van der Waals surface area contributed by atoms with Gasteiger partial charge in [0.2, 0.25) is 11.8 Å². The van der Waals surface area contributed by atoms with E-state index >= 15 is 0 Å². The van der Waals surface area contributed by atoms with Crippen LogP contribution in [0.1, 0.15) is 40.3 Å².